The van der Waals surface area contributed by atoms with Crippen LogP contribution in [0.25, 0.3) is 0 Å². The van der Waals surface area contributed by atoms with Crippen molar-refractivity contribution in [3.05, 3.63) is 66.2 Å². The summed E-state index contributed by atoms with van der Waals surface area (Å²) < 4.78 is 17.0. The van der Waals surface area contributed by atoms with Gasteiger partial charge >= 0.3 is 6.01 Å². The minimum atomic E-state index is -0.107. The highest BCUT2D eigenvalue weighted by atomic mass is 16.5. The Hall–Kier alpha value is -3.76. The Labute approximate surface area is 223 Å². The van der Waals surface area contributed by atoms with Crippen molar-refractivity contribution in [1.82, 2.24) is 20.3 Å². The molecule has 0 atom stereocenters. The Kier molecular flexibility index (Phi) is 11.1. The third-order valence-corrected chi connectivity index (χ3v) is 5.98. The van der Waals surface area contributed by atoms with Gasteiger partial charge in [0.2, 0.25) is 11.9 Å². The fourth-order valence-electron chi connectivity index (χ4n) is 4.05. The van der Waals surface area contributed by atoms with Crippen LogP contribution in [0.5, 0.6) is 11.8 Å². The van der Waals surface area contributed by atoms with E-state index in [0.29, 0.717) is 68.8 Å². The van der Waals surface area contributed by atoms with Crippen molar-refractivity contribution in [3.8, 4) is 11.8 Å². The van der Waals surface area contributed by atoms with Crippen LogP contribution in [0.3, 0.4) is 0 Å². The van der Waals surface area contributed by atoms with Crippen molar-refractivity contribution < 1.29 is 19.0 Å². The summed E-state index contributed by atoms with van der Waals surface area (Å²) in [5.74, 6) is 1.49. The van der Waals surface area contributed by atoms with Gasteiger partial charge in [0.25, 0.3) is 5.91 Å². The van der Waals surface area contributed by atoms with Crippen LogP contribution in [0.1, 0.15) is 42.5 Å². The average Bonchev–Trinajstić information content (AvgIpc) is 2.95. The molecule has 202 valence electrons. The smallest absolute Gasteiger partial charge is 0.328 e. The summed E-state index contributed by atoms with van der Waals surface area (Å²) in [5, 5.41) is 9.46. The molecule has 1 heterocycles. The van der Waals surface area contributed by atoms with E-state index in [1.807, 2.05) is 48.5 Å². The molecule has 1 aliphatic carbocycles. The van der Waals surface area contributed by atoms with E-state index in [1.165, 1.54) is 19.3 Å². The van der Waals surface area contributed by atoms with E-state index in [4.69, 9.17) is 14.2 Å². The molecule has 1 aromatic heterocycles. The Balaban J connectivity index is 1.15. The number of aromatic nitrogens is 3. The number of para-hydroxylation sites is 1. The Morgan fingerprint density at radius 2 is 1.42 bits per heavy atom. The van der Waals surface area contributed by atoms with Gasteiger partial charge in [-0.15, -0.1) is 0 Å². The molecule has 4 rings (SSSR count). The quantitative estimate of drug-likeness (QED) is 0.252. The first kappa shape index (κ1) is 27.3. The molecule has 1 fully saturated rings. The molecule has 10 heteroatoms. The predicted molar refractivity (Wildman–Crippen MR) is 146 cm³/mol. The number of carbonyl (C=O) groups is 1. The van der Waals surface area contributed by atoms with Gasteiger partial charge in [-0.2, -0.15) is 15.0 Å². The highest BCUT2D eigenvalue weighted by Crippen LogP contribution is 2.23. The number of carbonyl (C=O) groups excluding carboxylic acids is 1. The van der Waals surface area contributed by atoms with Crippen molar-refractivity contribution in [2.45, 2.75) is 38.1 Å². The average molecular weight is 521 g/mol. The monoisotopic (exact) mass is 520 g/mol. The summed E-state index contributed by atoms with van der Waals surface area (Å²) in [6.45, 7) is 2.73. The Morgan fingerprint density at radius 3 is 2.16 bits per heavy atom. The predicted octanol–water partition coefficient (Wildman–Crippen LogP) is 4.28. The normalized spacial score (nSPS) is 13.6. The lowest BCUT2D eigenvalue weighted by atomic mass is 9.96. The third kappa shape index (κ3) is 9.60. The van der Waals surface area contributed by atoms with E-state index in [9.17, 15) is 4.79 Å². The number of nitrogens with zero attached hydrogens (tertiary/aromatic N) is 3. The van der Waals surface area contributed by atoms with Crippen LogP contribution in [0, 0.1) is 0 Å². The van der Waals surface area contributed by atoms with Crippen LogP contribution >= 0.6 is 0 Å². The molecule has 0 radical (unpaired) electrons. The topological polar surface area (TPSA) is 120 Å². The number of amides is 1. The minimum absolute atomic E-state index is 0.107. The molecule has 2 aromatic carbocycles. The summed E-state index contributed by atoms with van der Waals surface area (Å²) in [6.07, 6.45) is 5.92. The summed E-state index contributed by atoms with van der Waals surface area (Å²) in [5.41, 5.74) is 0.636. The van der Waals surface area contributed by atoms with Crippen LogP contribution < -0.4 is 20.7 Å². The van der Waals surface area contributed by atoms with Crippen molar-refractivity contribution in [2.75, 3.05) is 50.2 Å². The van der Waals surface area contributed by atoms with Crippen LogP contribution in [-0.4, -0.2) is 66.4 Å². The van der Waals surface area contributed by atoms with Gasteiger partial charge in [-0.05, 0) is 37.1 Å². The van der Waals surface area contributed by atoms with Crippen LogP contribution in [0.15, 0.2) is 60.7 Å². The molecular weight excluding hydrogens is 484 g/mol. The van der Waals surface area contributed by atoms with Crippen molar-refractivity contribution in [1.29, 1.82) is 0 Å². The number of hydrogen-bond acceptors (Lipinski definition) is 9. The maximum absolute atomic E-state index is 12.0. The van der Waals surface area contributed by atoms with E-state index in [1.54, 1.807) is 12.1 Å². The highest BCUT2D eigenvalue weighted by molar-refractivity contribution is 5.94. The molecule has 0 saturated heterocycles. The van der Waals surface area contributed by atoms with Gasteiger partial charge < -0.3 is 30.2 Å². The minimum Gasteiger partial charge on any atom is -0.424 e. The number of rotatable bonds is 15. The van der Waals surface area contributed by atoms with E-state index < -0.39 is 0 Å². The first-order chi connectivity index (χ1) is 18.8. The van der Waals surface area contributed by atoms with Crippen LogP contribution in [0.2, 0.25) is 0 Å². The molecule has 0 spiro atoms. The lowest BCUT2D eigenvalue weighted by Crippen LogP contribution is -2.27. The molecule has 38 heavy (non-hydrogen) atoms. The number of anilines is 2. The van der Waals surface area contributed by atoms with Gasteiger partial charge in [-0.3, -0.25) is 4.79 Å². The van der Waals surface area contributed by atoms with Gasteiger partial charge in [0.1, 0.15) is 5.75 Å². The third-order valence-electron chi connectivity index (χ3n) is 5.98. The van der Waals surface area contributed by atoms with E-state index >= 15 is 0 Å². The SMILES string of the molecule is O=C(NCCOCCOCCNc1nc(NC2CCCCC2)nc(Oc2ccccc2)n1)c1ccccc1. The first-order valence-corrected chi connectivity index (χ1v) is 13.2. The van der Waals surface area contributed by atoms with Crippen molar-refractivity contribution in [2.24, 2.45) is 0 Å². The molecule has 3 N–H and O–H groups in total. The number of nitrogens with one attached hydrogen (secondary N) is 3. The van der Waals surface area contributed by atoms with Gasteiger partial charge in [-0.1, -0.05) is 55.7 Å². The summed E-state index contributed by atoms with van der Waals surface area (Å²) in [4.78, 5) is 25.4. The lowest BCUT2D eigenvalue weighted by molar-refractivity contribution is 0.0519. The molecular formula is C28H36N6O4. The van der Waals surface area contributed by atoms with Crippen LogP contribution in [0.4, 0.5) is 11.9 Å². The highest BCUT2D eigenvalue weighted by Gasteiger charge is 2.16. The number of benzene rings is 2. The molecule has 0 unspecified atom stereocenters. The van der Waals surface area contributed by atoms with Crippen LogP contribution in [-0.2, 0) is 9.47 Å². The molecule has 1 aliphatic rings. The van der Waals surface area contributed by atoms with Gasteiger partial charge in [0.15, 0.2) is 0 Å². The second-order valence-electron chi connectivity index (χ2n) is 8.93. The molecule has 1 saturated carbocycles. The second kappa shape index (κ2) is 15.5. The van der Waals surface area contributed by atoms with Gasteiger partial charge in [-0.25, -0.2) is 0 Å². The summed E-state index contributed by atoms with van der Waals surface area (Å²) in [6, 6.07) is 19.2. The Morgan fingerprint density at radius 1 is 0.763 bits per heavy atom. The largest absolute Gasteiger partial charge is 0.424 e. The maximum Gasteiger partial charge on any atom is 0.328 e. The molecule has 3 aromatic rings. The number of ether oxygens (including phenoxy) is 3. The van der Waals surface area contributed by atoms with Gasteiger partial charge in [0.05, 0.1) is 26.4 Å². The van der Waals surface area contributed by atoms with Gasteiger partial charge in [0, 0.05) is 24.7 Å². The lowest BCUT2D eigenvalue weighted by Gasteiger charge is -2.23. The number of hydrogen-bond donors (Lipinski definition) is 3. The fraction of sp³-hybridized carbons (Fsp3) is 0.429. The van der Waals surface area contributed by atoms with E-state index in [0.717, 1.165) is 12.8 Å². The summed E-state index contributed by atoms with van der Waals surface area (Å²) >= 11 is 0. The second-order valence-corrected chi connectivity index (χ2v) is 8.93. The van der Waals surface area contributed by atoms with E-state index in [2.05, 4.69) is 30.9 Å². The van der Waals surface area contributed by atoms with Crippen molar-refractivity contribution >= 4 is 17.8 Å². The zero-order valence-corrected chi connectivity index (χ0v) is 21.6. The van der Waals surface area contributed by atoms with Crippen molar-refractivity contribution in [3.63, 3.8) is 0 Å². The van der Waals surface area contributed by atoms with E-state index in [-0.39, 0.29) is 11.9 Å². The zero-order valence-electron chi connectivity index (χ0n) is 21.6. The molecule has 1 amide bonds. The molecule has 0 aliphatic heterocycles. The summed E-state index contributed by atoms with van der Waals surface area (Å²) in [7, 11) is 0. The molecule has 10 nitrogen and oxygen atoms in total. The first-order valence-electron chi connectivity index (χ1n) is 13.2. The zero-order chi connectivity index (χ0) is 26.3. The standard InChI is InChI=1S/C28H36N6O4/c35-25(22-10-4-1-5-11-22)29-16-18-36-20-21-37-19-17-30-26-32-27(31-23-12-6-2-7-13-23)34-28(33-26)38-24-14-8-3-9-15-24/h1,3-5,8-11,14-15,23H,2,6-7,12-13,16-21H2,(H,29,35)(H2,30,31,32,33,34). The maximum atomic E-state index is 12.0. The fourth-order valence-corrected chi connectivity index (χ4v) is 4.05. The Bertz CT molecular complexity index is 1100. The molecule has 0 bridgehead atoms.